The van der Waals surface area contributed by atoms with E-state index < -0.39 is 0 Å². The minimum Gasteiger partial charge on any atom is -0.492 e. The van der Waals surface area contributed by atoms with Crippen LogP contribution in [0.2, 0.25) is 0 Å². The van der Waals surface area contributed by atoms with Crippen LogP contribution in [0.4, 0.5) is 11.4 Å². The van der Waals surface area contributed by atoms with Crippen molar-refractivity contribution < 1.29 is 9.47 Å². The van der Waals surface area contributed by atoms with Gasteiger partial charge in [-0.3, -0.25) is 9.80 Å². The first kappa shape index (κ1) is 29.6. The summed E-state index contributed by atoms with van der Waals surface area (Å²) in [5.74, 6) is 1.83. The van der Waals surface area contributed by atoms with E-state index in [1.807, 2.05) is 36.4 Å². The van der Waals surface area contributed by atoms with Crippen LogP contribution in [0.1, 0.15) is 64.5 Å². The van der Waals surface area contributed by atoms with Gasteiger partial charge in [0, 0.05) is 39.5 Å². The fourth-order valence-electron chi connectivity index (χ4n) is 5.51. The molecule has 2 unspecified atom stereocenters. The fourth-order valence-corrected chi connectivity index (χ4v) is 5.51. The third kappa shape index (κ3) is 7.79. The predicted octanol–water partition coefficient (Wildman–Crippen LogP) is 6.75. The van der Waals surface area contributed by atoms with Crippen molar-refractivity contribution in [2.45, 2.75) is 78.3 Å². The zero-order valence-electron chi connectivity index (χ0n) is 23.7. The molecule has 2 N–H and O–H groups in total. The normalized spacial score (nSPS) is 17.8. The molecular formula is C30H46N6O2. The van der Waals surface area contributed by atoms with Gasteiger partial charge in [-0.05, 0) is 88.4 Å². The number of azide groups is 1. The lowest BCUT2D eigenvalue weighted by Gasteiger charge is -2.35. The van der Waals surface area contributed by atoms with Crippen molar-refractivity contribution in [3.05, 3.63) is 58.0 Å². The molecule has 0 bridgehead atoms. The second-order valence-corrected chi connectivity index (χ2v) is 10.2. The number of ether oxygens (including phenoxy) is 2. The average molecular weight is 523 g/mol. The molecule has 0 aliphatic carbocycles. The Morgan fingerprint density at radius 1 is 0.789 bits per heavy atom. The van der Waals surface area contributed by atoms with Gasteiger partial charge in [0.15, 0.2) is 0 Å². The molecule has 0 aromatic heterocycles. The first-order valence-corrected chi connectivity index (χ1v) is 14.3. The zero-order chi connectivity index (χ0) is 27.3. The van der Waals surface area contributed by atoms with Crippen LogP contribution >= 0.6 is 0 Å². The zero-order valence-corrected chi connectivity index (χ0v) is 23.7. The van der Waals surface area contributed by atoms with Crippen LogP contribution in [-0.4, -0.2) is 61.3 Å². The van der Waals surface area contributed by atoms with Gasteiger partial charge in [0.1, 0.15) is 24.7 Å². The highest BCUT2D eigenvalue weighted by molar-refractivity contribution is 5.56. The van der Waals surface area contributed by atoms with Crippen LogP contribution in [0, 0.1) is 0 Å². The molecule has 2 heterocycles. The van der Waals surface area contributed by atoms with Crippen molar-refractivity contribution in [2.75, 3.05) is 45.1 Å². The summed E-state index contributed by atoms with van der Waals surface area (Å²) in [6.45, 7) is 14.8. The molecule has 0 spiro atoms. The van der Waals surface area contributed by atoms with Crippen LogP contribution in [0.15, 0.2) is 41.5 Å². The molecule has 0 radical (unpaired) electrons. The number of benzene rings is 2. The fraction of sp³-hybridized carbons (Fsp3) is 0.600. The smallest absolute Gasteiger partial charge is 0.124 e. The molecule has 0 amide bonds. The molecule has 8 nitrogen and oxygen atoms in total. The Bertz CT molecular complexity index is 1040. The molecule has 2 aliphatic rings. The van der Waals surface area contributed by atoms with Crippen LogP contribution in [0.5, 0.6) is 11.5 Å². The Kier molecular flexibility index (Phi) is 12.1. The van der Waals surface area contributed by atoms with Gasteiger partial charge < -0.3 is 15.2 Å². The summed E-state index contributed by atoms with van der Waals surface area (Å²) < 4.78 is 11.7. The number of nitrogens with two attached hydrogens (primary N) is 1. The topological polar surface area (TPSA) is 99.7 Å². The summed E-state index contributed by atoms with van der Waals surface area (Å²) in [5, 5.41) is 3.79. The highest BCUT2D eigenvalue weighted by Crippen LogP contribution is 2.34. The SMILES string of the molecule is CCCN(CCC)C1COc2cccc(N)c2C1.CCCN(CCC)C1COc2cccc(N=[N+]=[N-])c2C1. The quantitative estimate of drug-likeness (QED) is 0.152. The molecule has 0 fully saturated rings. The third-order valence-corrected chi connectivity index (χ3v) is 7.25. The Hall–Kier alpha value is -2.93. The van der Waals surface area contributed by atoms with Crippen molar-refractivity contribution >= 4 is 11.4 Å². The summed E-state index contributed by atoms with van der Waals surface area (Å²) in [6.07, 6.45) is 6.57. The first-order chi connectivity index (χ1) is 18.6. The number of nitrogens with zero attached hydrogens (tertiary/aromatic N) is 5. The van der Waals surface area contributed by atoms with E-state index in [4.69, 9.17) is 20.7 Å². The molecule has 0 saturated heterocycles. The second-order valence-electron chi connectivity index (χ2n) is 10.2. The van der Waals surface area contributed by atoms with E-state index in [1.165, 1.54) is 18.4 Å². The lowest BCUT2D eigenvalue weighted by molar-refractivity contribution is 0.119. The second kappa shape index (κ2) is 15.5. The van der Waals surface area contributed by atoms with Gasteiger partial charge in [-0.15, -0.1) is 0 Å². The highest BCUT2D eigenvalue weighted by Gasteiger charge is 2.27. The van der Waals surface area contributed by atoms with Gasteiger partial charge in [-0.1, -0.05) is 51.0 Å². The van der Waals surface area contributed by atoms with Gasteiger partial charge in [-0.25, -0.2) is 0 Å². The number of anilines is 1. The maximum atomic E-state index is 8.67. The van der Waals surface area contributed by atoms with Crippen LogP contribution in [0.25, 0.3) is 10.4 Å². The van der Waals surface area contributed by atoms with Crippen molar-refractivity contribution in [2.24, 2.45) is 5.11 Å². The molecule has 2 atom stereocenters. The summed E-state index contributed by atoms with van der Waals surface area (Å²) in [7, 11) is 0. The molecular weight excluding hydrogens is 476 g/mol. The molecule has 38 heavy (non-hydrogen) atoms. The van der Waals surface area contributed by atoms with E-state index >= 15 is 0 Å². The van der Waals surface area contributed by atoms with Gasteiger partial charge in [-0.2, -0.15) is 0 Å². The van der Waals surface area contributed by atoms with Crippen molar-refractivity contribution in [3.8, 4) is 11.5 Å². The van der Waals surface area contributed by atoms with E-state index in [0.29, 0.717) is 24.4 Å². The molecule has 0 saturated carbocycles. The predicted molar refractivity (Wildman–Crippen MR) is 156 cm³/mol. The van der Waals surface area contributed by atoms with Crippen molar-refractivity contribution in [1.82, 2.24) is 9.80 Å². The van der Waals surface area contributed by atoms with E-state index in [9.17, 15) is 0 Å². The molecule has 4 rings (SSSR count). The van der Waals surface area contributed by atoms with Crippen molar-refractivity contribution in [1.29, 1.82) is 0 Å². The first-order valence-electron chi connectivity index (χ1n) is 14.3. The van der Waals surface area contributed by atoms with Gasteiger partial charge >= 0.3 is 0 Å². The summed E-state index contributed by atoms with van der Waals surface area (Å²) >= 11 is 0. The Balaban J connectivity index is 0.000000212. The molecule has 208 valence electrons. The molecule has 2 aromatic rings. The number of hydrogen-bond donors (Lipinski definition) is 1. The van der Waals surface area contributed by atoms with Gasteiger partial charge in [0.05, 0.1) is 0 Å². The minimum absolute atomic E-state index is 0.373. The Morgan fingerprint density at radius 2 is 1.26 bits per heavy atom. The van der Waals surface area contributed by atoms with Crippen LogP contribution in [0.3, 0.4) is 0 Å². The van der Waals surface area contributed by atoms with Crippen molar-refractivity contribution in [3.63, 3.8) is 0 Å². The maximum absolute atomic E-state index is 8.67. The standard InChI is InChI=1S/C15H22N4O.C15H24N2O/c1-3-8-19(9-4-2)12-10-13-14(17-18-16)6-5-7-15(13)20-11-12;1-3-8-17(9-4-2)12-10-13-14(16)6-5-7-15(13)18-11-12/h5-7,12H,3-4,8-11H2,1-2H3;5-7,12H,3-4,8-11,16H2,1-2H3. The molecule has 8 heteroatoms. The minimum atomic E-state index is 0.373. The van der Waals surface area contributed by atoms with E-state index in [2.05, 4.69) is 47.5 Å². The van der Waals surface area contributed by atoms with Crippen LogP contribution in [-0.2, 0) is 12.8 Å². The Morgan fingerprint density at radius 3 is 1.76 bits per heavy atom. The van der Waals surface area contributed by atoms with E-state index in [1.54, 1.807) is 0 Å². The highest BCUT2D eigenvalue weighted by atomic mass is 16.5. The van der Waals surface area contributed by atoms with E-state index in [-0.39, 0.29) is 0 Å². The largest absolute Gasteiger partial charge is 0.492 e. The number of nitrogen functional groups attached to an aromatic ring is 1. The third-order valence-electron chi connectivity index (χ3n) is 7.25. The Labute approximate surface area is 228 Å². The summed E-state index contributed by atoms with van der Waals surface area (Å²) in [5.41, 5.74) is 18.5. The van der Waals surface area contributed by atoms with Gasteiger partial charge in [0.25, 0.3) is 0 Å². The number of fused-ring (bicyclic) bond motifs is 2. The monoisotopic (exact) mass is 522 g/mol. The molecule has 2 aliphatic heterocycles. The van der Waals surface area contributed by atoms with Gasteiger partial charge in [0.2, 0.25) is 0 Å². The number of rotatable bonds is 11. The van der Waals surface area contributed by atoms with Crippen LogP contribution < -0.4 is 15.2 Å². The number of hydrogen-bond acceptors (Lipinski definition) is 6. The van der Waals surface area contributed by atoms with E-state index in [0.717, 1.165) is 81.2 Å². The molecule has 2 aromatic carbocycles. The summed E-state index contributed by atoms with van der Waals surface area (Å²) in [6, 6.07) is 12.5. The average Bonchev–Trinajstić information content (AvgIpc) is 2.93. The lowest BCUT2D eigenvalue weighted by atomic mass is 9.99. The maximum Gasteiger partial charge on any atom is 0.124 e. The lowest BCUT2D eigenvalue weighted by Crippen LogP contribution is -2.44. The summed E-state index contributed by atoms with van der Waals surface area (Å²) in [4.78, 5) is 7.93.